The number of benzene rings is 1. The topological polar surface area (TPSA) is 43.1 Å². The Labute approximate surface area is 91.6 Å². The summed E-state index contributed by atoms with van der Waals surface area (Å²) in [6, 6.07) is 8.83. The summed E-state index contributed by atoms with van der Waals surface area (Å²) in [6.07, 6.45) is 0. The van der Waals surface area contributed by atoms with Crippen LogP contribution in [-0.4, -0.2) is 10.9 Å². The van der Waals surface area contributed by atoms with Crippen LogP contribution in [0.15, 0.2) is 34.9 Å². The van der Waals surface area contributed by atoms with E-state index in [-0.39, 0.29) is 5.78 Å². The minimum absolute atomic E-state index is 0.128. The van der Waals surface area contributed by atoms with Gasteiger partial charge < -0.3 is 4.52 Å². The fourth-order valence-electron chi connectivity index (χ4n) is 1.23. The number of hydrogen-bond acceptors (Lipinski definition) is 3. The van der Waals surface area contributed by atoms with Gasteiger partial charge in [-0.3, -0.25) is 4.79 Å². The highest BCUT2D eigenvalue weighted by Crippen LogP contribution is 2.27. The van der Waals surface area contributed by atoms with Crippen LogP contribution in [0.25, 0.3) is 11.3 Å². The lowest BCUT2D eigenvalue weighted by Crippen LogP contribution is -1.89. The quantitative estimate of drug-likeness (QED) is 0.732. The minimum atomic E-state index is -0.128. The molecule has 1 aromatic carbocycles. The zero-order valence-electron chi connectivity index (χ0n) is 8.03. The number of halogens is 1. The van der Waals surface area contributed by atoms with Crippen LogP contribution in [0.4, 0.5) is 0 Å². The second-order valence-electron chi connectivity index (χ2n) is 3.11. The number of aromatic nitrogens is 1. The molecule has 4 heteroatoms. The summed E-state index contributed by atoms with van der Waals surface area (Å²) in [6.45, 7) is 1.44. The van der Waals surface area contributed by atoms with Gasteiger partial charge in [0, 0.05) is 18.6 Å². The van der Waals surface area contributed by atoms with E-state index in [1.807, 2.05) is 18.2 Å². The summed E-state index contributed by atoms with van der Waals surface area (Å²) in [7, 11) is 0. The number of rotatable bonds is 2. The number of carbonyl (C=O) groups is 1. The molecule has 3 nitrogen and oxygen atoms in total. The normalized spacial score (nSPS) is 10.3. The molecule has 0 aliphatic rings. The number of nitrogens with zero attached hydrogens (tertiary/aromatic N) is 1. The molecular weight excluding hydrogens is 214 g/mol. The molecule has 2 rings (SSSR count). The molecule has 15 heavy (non-hydrogen) atoms. The first-order valence-electron chi connectivity index (χ1n) is 4.41. The first-order chi connectivity index (χ1) is 7.18. The van der Waals surface area contributed by atoms with E-state index in [2.05, 4.69) is 5.16 Å². The van der Waals surface area contributed by atoms with Crippen molar-refractivity contribution in [1.29, 1.82) is 0 Å². The molecule has 1 aromatic heterocycles. The summed E-state index contributed by atoms with van der Waals surface area (Å²) >= 11 is 5.97. The SMILES string of the molecule is CC(=O)c1cc(-c2ccccc2Cl)on1. The predicted molar refractivity (Wildman–Crippen MR) is 57.0 cm³/mol. The van der Waals surface area contributed by atoms with Crippen LogP contribution in [0.3, 0.4) is 0 Å². The van der Waals surface area contributed by atoms with E-state index in [1.54, 1.807) is 12.1 Å². The van der Waals surface area contributed by atoms with Crippen LogP contribution in [-0.2, 0) is 0 Å². The van der Waals surface area contributed by atoms with E-state index in [0.29, 0.717) is 16.5 Å². The van der Waals surface area contributed by atoms with Crippen LogP contribution in [0.2, 0.25) is 5.02 Å². The lowest BCUT2D eigenvalue weighted by Gasteiger charge is -1.96. The molecule has 0 spiro atoms. The molecule has 76 valence electrons. The Morgan fingerprint density at radius 2 is 2.13 bits per heavy atom. The van der Waals surface area contributed by atoms with Crippen molar-refractivity contribution >= 4 is 17.4 Å². The molecule has 0 saturated carbocycles. The van der Waals surface area contributed by atoms with Crippen molar-refractivity contribution in [2.75, 3.05) is 0 Å². The molecule has 0 aliphatic heterocycles. The Morgan fingerprint density at radius 1 is 1.40 bits per heavy atom. The third kappa shape index (κ3) is 1.92. The fourth-order valence-corrected chi connectivity index (χ4v) is 1.46. The molecule has 0 atom stereocenters. The molecule has 0 aliphatic carbocycles. The molecule has 2 aromatic rings. The van der Waals surface area contributed by atoms with Gasteiger partial charge in [0.25, 0.3) is 0 Å². The van der Waals surface area contributed by atoms with Gasteiger partial charge in [0.15, 0.2) is 11.5 Å². The molecule has 0 fully saturated rings. The van der Waals surface area contributed by atoms with Crippen LogP contribution in [0.5, 0.6) is 0 Å². The second-order valence-corrected chi connectivity index (χ2v) is 3.52. The number of hydrogen-bond donors (Lipinski definition) is 0. The highest BCUT2D eigenvalue weighted by atomic mass is 35.5. The first kappa shape index (κ1) is 9.93. The van der Waals surface area contributed by atoms with E-state index in [1.165, 1.54) is 6.92 Å². The largest absolute Gasteiger partial charge is 0.356 e. The molecular formula is C11H8ClNO2. The van der Waals surface area contributed by atoms with Crippen molar-refractivity contribution < 1.29 is 9.32 Å². The van der Waals surface area contributed by atoms with Crippen LogP contribution in [0, 0.1) is 0 Å². The van der Waals surface area contributed by atoms with Gasteiger partial charge in [-0.2, -0.15) is 0 Å². The van der Waals surface area contributed by atoms with Gasteiger partial charge in [-0.1, -0.05) is 28.9 Å². The van der Waals surface area contributed by atoms with Gasteiger partial charge in [-0.25, -0.2) is 0 Å². The van der Waals surface area contributed by atoms with Gasteiger partial charge in [-0.15, -0.1) is 0 Å². The van der Waals surface area contributed by atoms with E-state index < -0.39 is 0 Å². The van der Waals surface area contributed by atoms with Gasteiger partial charge in [0.1, 0.15) is 5.69 Å². The Kier molecular flexibility index (Phi) is 2.56. The van der Waals surface area contributed by atoms with Gasteiger partial charge >= 0.3 is 0 Å². The summed E-state index contributed by atoms with van der Waals surface area (Å²) in [4.78, 5) is 11.0. The van der Waals surface area contributed by atoms with Crippen molar-refractivity contribution in [2.24, 2.45) is 0 Å². The van der Waals surface area contributed by atoms with E-state index >= 15 is 0 Å². The third-order valence-electron chi connectivity index (χ3n) is 2.01. The number of Topliss-reactive ketones (excluding diaryl/α,β-unsaturated/α-hetero) is 1. The molecule has 0 amide bonds. The summed E-state index contributed by atoms with van der Waals surface area (Å²) < 4.78 is 5.04. The van der Waals surface area contributed by atoms with Crippen LogP contribution < -0.4 is 0 Å². The van der Waals surface area contributed by atoms with Crippen molar-refractivity contribution in [2.45, 2.75) is 6.92 Å². The summed E-state index contributed by atoms with van der Waals surface area (Å²) in [5.41, 5.74) is 1.05. The maximum Gasteiger partial charge on any atom is 0.181 e. The molecule has 0 bridgehead atoms. The standard InChI is InChI=1S/C11H8ClNO2/c1-7(14)10-6-11(15-13-10)8-4-2-3-5-9(8)12/h2-6H,1H3. The van der Waals surface area contributed by atoms with Crippen molar-refractivity contribution in [1.82, 2.24) is 5.16 Å². The Balaban J connectivity index is 2.46. The van der Waals surface area contributed by atoms with E-state index in [9.17, 15) is 4.79 Å². The van der Waals surface area contributed by atoms with Crippen molar-refractivity contribution in [3.8, 4) is 11.3 Å². The Morgan fingerprint density at radius 3 is 2.73 bits per heavy atom. The number of carbonyl (C=O) groups excluding carboxylic acids is 1. The molecule has 0 N–H and O–H groups in total. The molecule has 0 saturated heterocycles. The van der Waals surface area contributed by atoms with E-state index in [4.69, 9.17) is 16.1 Å². The second kappa shape index (κ2) is 3.87. The molecule has 0 radical (unpaired) electrons. The molecule has 1 heterocycles. The van der Waals surface area contributed by atoms with Crippen molar-refractivity contribution in [3.05, 3.63) is 41.0 Å². The predicted octanol–water partition coefficient (Wildman–Crippen LogP) is 3.20. The zero-order valence-corrected chi connectivity index (χ0v) is 8.78. The average Bonchev–Trinajstić information content (AvgIpc) is 2.67. The third-order valence-corrected chi connectivity index (χ3v) is 2.34. The molecule has 0 unspecified atom stereocenters. The van der Waals surface area contributed by atoms with Crippen LogP contribution >= 0.6 is 11.6 Å². The van der Waals surface area contributed by atoms with Crippen molar-refractivity contribution in [3.63, 3.8) is 0 Å². The maximum atomic E-state index is 11.0. The van der Waals surface area contributed by atoms with E-state index in [0.717, 1.165) is 5.56 Å². The maximum absolute atomic E-state index is 11.0. The average molecular weight is 222 g/mol. The highest BCUT2D eigenvalue weighted by molar-refractivity contribution is 6.33. The summed E-state index contributed by atoms with van der Waals surface area (Å²) in [5.74, 6) is 0.378. The lowest BCUT2D eigenvalue weighted by atomic mass is 10.1. The smallest absolute Gasteiger partial charge is 0.181 e. The lowest BCUT2D eigenvalue weighted by molar-refractivity contribution is 0.100. The Bertz CT molecular complexity index is 505. The Hall–Kier alpha value is -1.61. The monoisotopic (exact) mass is 221 g/mol. The minimum Gasteiger partial charge on any atom is -0.356 e. The summed E-state index contributed by atoms with van der Waals surface area (Å²) in [5, 5.41) is 4.22. The highest BCUT2D eigenvalue weighted by Gasteiger charge is 2.11. The number of ketones is 1. The fraction of sp³-hybridized carbons (Fsp3) is 0.0909. The zero-order chi connectivity index (χ0) is 10.8. The van der Waals surface area contributed by atoms with Gasteiger partial charge in [0.05, 0.1) is 5.02 Å². The van der Waals surface area contributed by atoms with Crippen LogP contribution in [0.1, 0.15) is 17.4 Å². The van der Waals surface area contributed by atoms with Gasteiger partial charge in [-0.05, 0) is 12.1 Å². The van der Waals surface area contributed by atoms with Gasteiger partial charge in [0.2, 0.25) is 0 Å². The first-order valence-corrected chi connectivity index (χ1v) is 4.79.